The molecule has 0 bridgehead atoms. The number of rotatable bonds is 4. The number of anilines is 1. The Balaban J connectivity index is 1.92. The molecule has 2 rings (SSSR count). The molecule has 0 aliphatic carbocycles. The van der Waals surface area contributed by atoms with Gasteiger partial charge in [0.1, 0.15) is 0 Å². The Morgan fingerprint density at radius 1 is 1.45 bits per heavy atom. The Bertz CT molecular complexity index is 456. The van der Waals surface area contributed by atoms with Crippen LogP contribution in [0.25, 0.3) is 0 Å². The maximum Gasteiger partial charge on any atom is 0.238 e. The summed E-state index contributed by atoms with van der Waals surface area (Å²) >= 11 is 0. The van der Waals surface area contributed by atoms with E-state index in [9.17, 15) is 4.79 Å². The molecule has 0 saturated carbocycles. The van der Waals surface area contributed by atoms with Crippen molar-refractivity contribution in [2.75, 3.05) is 38.1 Å². The highest BCUT2D eigenvalue weighted by atomic mass is 16.5. The van der Waals surface area contributed by atoms with Crippen LogP contribution in [-0.2, 0) is 9.53 Å². The molecular weight excluding hydrogens is 254 g/mol. The zero-order valence-electron chi connectivity index (χ0n) is 12.2. The van der Waals surface area contributed by atoms with Crippen LogP contribution in [0.5, 0.6) is 0 Å². The van der Waals surface area contributed by atoms with Crippen LogP contribution >= 0.6 is 0 Å². The lowest BCUT2D eigenvalue weighted by Gasteiger charge is -2.31. The molecule has 0 aromatic heterocycles. The first-order chi connectivity index (χ1) is 9.60. The van der Waals surface area contributed by atoms with Crippen LogP contribution in [0.15, 0.2) is 18.2 Å². The van der Waals surface area contributed by atoms with Gasteiger partial charge in [-0.3, -0.25) is 9.69 Å². The summed E-state index contributed by atoms with van der Waals surface area (Å²) in [7, 11) is 0. The van der Waals surface area contributed by atoms with Gasteiger partial charge in [-0.15, -0.1) is 0 Å². The van der Waals surface area contributed by atoms with Gasteiger partial charge in [-0.2, -0.15) is 0 Å². The predicted octanol–water partition coefficient (Wildman–Crippen LogP) is 0.901. The van der Waals surface area contributed by atoms with E-state index in [1.165, 1.54) is 0 Å². The third kappa shape index (κ3) is 3.79. The largest absolute Gasteiger partial charge is 0.374 e. The summed E-state index contributed by atoms with van der Waals surface area (Å²) in [5.41, 5.74) is 8.69. The molecule has 5 heteroatoms. The summed E-state index contributed by atoms with van der Waals surface area (Å²) in [5, 5.41) is 3.01. The highest BCUT2D eigenvalue weighted by molar-refractivity contribution is 5.93. The molecule has 20 heavy (non-hydrogen) atoms. The number of benzene rings is 1. The van der Waals surface area contributed by atoms with E-state index in [1.807, 2.05) is 32.0 Å². The van der Waals surface area contributed by atoms with Crippen LogP contribution in [0, 0.1) is 13.8 Å². The summed E-state index contributed by atoms with van der Waals surface area (Å²) in [6.45, 7) is 7.01. The lowest BCUT2D eigenvalue weighted by atomic mass is 10.1. The smallest absolute Gasteiger partial charge is 0.238 e. The van der Waals surface area contributed by atoms with Crippen molar-refractivity contribution in [3.63, 3.8) is 0 Å². The molecule has 1 aliphatic rings. The minimum Gasteiger partial charge on any atom is -0.374 e. The molecule has 1 saturated heterocycles. The summed E-state index contributed by atoms with van der Waals surface area (Å²) < 4.78 is 5.50. The summed E-state index contributed by atoms with van der Waals surface area (Å²) in [5.74, 6) is 0.0140. The van der Waals surface area contributed by atoms with Gasteiger partial charge in [0.25, 0.3) is 0 Å². The monoisotopic (exact) mass is 277 g/mol. The van der Waals surface area contributed by atoms with Crippen LogP contribution in [0.4, 0.5) is 5.69 Å². The first kappa shape index (κ1) is 15.0. The second kappa shape index (κ2) is 6.83. The number of hydrogen-bond donors (Lipinski definition) is 2. The van der Waals surface area contributed by atoms with Crippen LogP contribution in [0.1, 0.15) is 11.1 Å². The fourth-order valence-corrected chi connectivity index (χ4v) is 2.46. The van der Waals surface area contributed by atoms with E-state index >= 15 is 0 Å². The molecule has 1 atom stereocenters. The quantitative estimate of drug-likeness (QED) is 0.858. The average molecular weight is 277 g/mol. The molecule has 5 nitrogen and oxygen atoms in total. The summed E-state index contributed by atoms with van der Waals surface area (Å²) in [4.78, 5) is 14.2. The summed E-state index contributed by atoms with van der Waals surface area (Å²) in [6, 6.07) is 6.00. The highest BCUT2D eigenvalue weighted by Gasteiger charge is 2.21. The third-order valence-corrected chi connectivity index (χ3v) is 3.60. The summed E-state index contributed by atoms with van der Waals surface area (Å²) in [6.07, 6.45) is 0.0387. The first-order valence-electron chi connectivity index (χ1n) is 7.00. The molecular formula is C15H23N3O2. The van der Waals surface area contributed by atoms with Crippen LogP contribution in [-0.4, -0.2) is 49.7 Å². The second-order valence-corrected chi connectivity index (χ2v) is 5.28. The minimum absolute atomic E-state index is 0.0140. The number of nitrogens with one attached hydrogen (secondary N) is 1. The fourth-order valence-electron chi connectivity index (χ4n) is 2.46. The number of morpholine rings is 1. The molecule has 110 valence electrons. The Labute approximate surface area is 120 Å². The maximum absolute atomic E-state index is 12.2. The van der Waals surface area contributed by atoms with E-state index in [-0.39, 0.29) is 12.0 Å². The van der Waals surface area contributed by atoms with E-state index in [0.717, 1.165) is 29.9 Å². The predicted molar refractivity (Wildman–Crippen MR) is 79.8 cm³/mol. The zero-order valence-corrected chi connectivity index (χ0v) is 12.2. The highest BCUT2D eigenvalue weighted by Crippen LogP contribution is 2.19. The molecule has 1 unspecified atom stereocenters. The van der Waals surface area contributed by atoms with Crippen LogP contribution in [0.3, 0.4) is 0 Å². The Morgan fingerprint density at radius 3 is 2.80 bits per heavy atom. The Morgan fingerprint density at radius 2 is 2.15 bits per heavy atom. The van der Waals surface area contributed by atoms with Gasteiger partial charge in [0.2, 0.25) is 5.91 Å². The van der Waals surface area contributed by atoms with Gasteiger partial charge in [-0.1, -0.05) is 18.2 Å². The molecule has 1 heterocycles. The number of hydrogen-bond acceptors (Lipinski definition) is 4. The van der Waals surface area contributed by atoms with E-state index in [2.05, 4.69) is 10.2 Å². The molecule has 0 spiro atoms. The number of ether oxygens (including phenoxy) is 1. The molecule has 1 fully saturated rings. The number of nitrogens with two attached hydrogens (primary N) is 1. The van der Waals surface area contributed by atoms with Crippen molar-refractivity contribution >= 4 is 11.6 Å². The van der Waals surface area contributed by atoms with E-state index in [4.69, 9.17) is 10.5 Å². The number of aryl methyl sites for hydroxylation is 2. The SMILES string of the molecule is Cc1cccc(C)c1NC(=O)CN1CCOC(CN)C1. The zero-order chi connectivity index (χ0) is 14.5. The van der Waals surface area contributed by atoms with Crippen molar-refractivity contribution < 1.29 is 9.53 Å². The van der Waals surface area contributed by atoms with E-state index < -0.39 is 0 Å². The van der Waals surface area contributed by atoms with Gasteiger partial charge in [-0.25, -0.2) is 0 Å². The Kier molecular flexibility index (Phi) is 5.11. The van der Waals surface area contributed by atoms with Gasteiger partial charge >= 0.3 is 0 Å². The average Bonchev–Trinajstić information content (AvgIpc) is 2.43. The van der Waals surface area contributed by atoms with Crippen molar-refractivity contribution in [2.24, 2.45) is 5.73 Å². The van der Waals surface area contributed by atoms with Crippen LogP contribution < -0.4 is 11.1 Å². The van der Waals surface area contributed by atoms with Crippen molar-refractivity contribution in [3.05, 3.63) is 29.3 Å². The second-order valence-electron chi connectivity index (χ2n) is 5.28. The number of carbonyl (C=O) groups excluding carboxylic acids is 1. The lowest BCUT2D eigenvalue weighted by molar-refractivity contribution is -0.119. The number of nitrogens with zero attached hydrogens (tertiary/aromatic N) is 1. The van der Waals surface area contributed by atoms with Crippen molar-refractivity contribution in [3.8, 4) is 0 Å². The van der Waals surface area contributed by atoms with E-state index in [0.29, 0.717) is 19.7 Å². The van der Waals surface area contributed by atoms with Crippen molar-refractivity contribution in [1.29, 1.82) is 0 Å². The van der Waals surface area contributed by atoms with Gasteiger partial charge in [0.15, 0.2) is 0 Å². The standard InChI is InChI=1S/C15H23N3O2/c1-11-4-3-5-12(2)15(11)17-14(19)10-18-6-7-20-13(8-16)9-18/h3-5,13H,6-10,16H2,1-2H3,(H,17,19). The maximum atomic E-state index is 12.2. The normalized spacial score (nSPS) is 19.9. The molecule has 1 aromatic rings. The molecule has 1 amide bonds. The number of amides is 1. The lowest BCUT2D eigenvalue weighted by Crippen LogP contribution is -2.48. The number of para-hydroxylation sites is 1. The van der Waals surface area contributed by atoms with Crippen LogP contribution in [0.2, 0.25) is 0 Å². The van der Waals surface area contributed by atoms with Gasteiger partial charge in [-0.05, 0) is 25.0 Å². The topological polar surface area (TPSA) is 67.6 Å². The minimum atomic E-state index is 0.0140. The molecule has 1 aliphatic heterocycles. The van der Waals surface area contributed by atoms with Crippen molar-refractivity contribution in [1.82, 2.24) is 4.90 Å². The van der Waals surface area contributed by atoms with E-state index in [1.54, 1.807) is 0 Å². The number of carbonyl (C=O) groups is 1. The first-order valence-corrected chi connectivity index (χ1v) is 7.00. The third-order valence-electron chi connectivity index (χ3n) is 3.60. The van der Waals surface area contributed by atoms with Gasteiger partial charge in [0.05, 0.1) is 19.3 Å². The van der Waals surface area contributed by atoms with Gasteiger partial charge < -0.3 is 15.8 Å². The van der Waals surface area contributed by atoms with Crippen molar-refractivity contribution in [2.45, 2.75) is 20.0 Å². The van der Waals surface area contributed by atoms with Gasteiger partial charge in [0, 0.05) is 25.3 Å². The Hall–Kier alpha value is -1.43. The molecule has 0 radical (unpaired) electrons. The molecule has 3 N–H and O–H groups in total. The fraction of sp³-hybridized carbons (Fsp3) is 0.533. The molecule has 1 aromatic carbocycles.